The van der Waals surface area contributed by atoms with Crippen LogP contribution in [0.15, 0.2) is 0 Å². The second kappa shape index (κ2) is 14.7. The highest BCUT2D eigenvalue weighted by atomic mass is 33.1. The lowest BCUT2D eigenvalue weighted by atomic mass is 9.98. The van der Waals surface area contributed by atoms with Crippen molar-refractivity contribution in [1.82, 2.24) is 0 Å². The number of carboxylic acids is 4. The number of rotatable bonds is 17. The minimum Gasteiger partial charge on any atom is -0.481 e. The fourth-order valence-electron chi connectivity index (χ4n) is 2.27. The Labute approximate surface area is 160 Å². The summed E-state index contributed by atoms with van der Waals surface area (Å²) < 4.78 is 0. The van der Waals surface area contributed by atoms with E-state index in [1.165, 1.54) is 0 Å². The van der Waals surface area contributed by atoms with Crippen molar-refractivity contribution in [2.45, 2.75) is 51.4 Å². The summed E-state index contributed by atoms with van der Waals surface area (Å²) in [6.45, 7) is 0. The first kappa shape index (κ1) is 24.6. The average molecular weight is 411 g/mol. The molecule has 8 nitrogen and oxygen atoms in total. The smallest absolute Gasteiger partial charge is 0.306 e. The molecule has 0 spiro atoms. The van der Waals surface area contributed by atoms with Crippen LogP contribution in [0.2, 0.25) is 0 Å². The first-order chi connectivity index (χ1) is 12.2. The quantitative estimate of drug-likeness (QED) is 0.208. The second-order valence-corrected chi connectivity index (χ2v) is 8.57. The number of aliphatic carboxylic acids is 4. The molecule has 150 valence electrons. The summed E-state index contributed by atoms with van der Waals surface area (Å²) in [5.41, 5.74) is 0. The molecule has 0 saturated carbocycles. The Bertz CT molecular complexity index is 427. The SMILES string of the molecule is O=C(O)CCC(CCCSSCCCC(CCC(=O)O)C(=O)O)C(=O)O. The van der Waals surface area contributed by atoms with Crippen LogP contribution in [-0.4, -0.2) is 55.8 Å². The van der Waals surface area contributed by atoms with Gasteiger partial charge in [-0.15, -0.1) is 0 Å². The summed E-state index contributed by atoms with van der Waals surface area (Å²) in [6.07, 6.45) is 2.19. The van der Waals surface area contributed by atoms with Crippen molar-refractivity contribution in [2.24, 2.45) is 11.8 Å². The van der Waals surface area contributed by atoms with E-state index in [-0.39, 0.29) is 25.7 Å². The molecule has 0 aliphatic heterocycles. The molecule has 10 heteroatoms. The monoisotopic (exact) mass is 410 g/mol. The van der Waals surface area contributed by atoms with Crippen LogP contribution in [-0.2, 0) is 19.2 Å². The molecule has 2 atom stereocenters. The highest BCUT2D eigenvalue weighted by Gasteiger charge is 2.19. The van der Waals surface area contributed by atoms with E-state index in [1.807, 2.05) is 0 Å². The summed E-state index contributed by atoms with van der Waals surface area (Å²) in [5.74, 6) is -3.72. The van der Waals surface area contributed by atoms with Crippen molar-refractivity contribution < 1.29 is 39.6 Å². The molecule has 2 unspecified atom stereocenters. The topological polar surface area (TPSA) is 149 Å². The Balaban J connectivity index is 3.78. The van der Waals surface area contributed by atoms with Crippen LogP contribution in [0.3, 0.4) is 0 Å². The fraction of sp³-hybridized carbons (Fsp3) is 0.750. The van der Waals surface area contributed by atoms with Crippen molar-refractivity contribution >= 4 is 45.5 Å². The molecule has 26 heavy (non-hydrogen) atoms. The molecule has 0 aromatic carbocycles. The molecular weight excluding hydrogens is 384 g/mol. The van der Waals surface area contributed by atoms with Gasteiger partial charge < -0.3 is 20.4 Å². The van der Waals surface area contributed by atoms with E-state index in [2.05, 4.69) is 0 Å². The molecule has 0 aliphatic carbocycles. The van der Waals surface area contributed by atoms with Gasteiger partial charge in [0.05, 0.1) is 11.8 Å². The Morgan fingerprint density at radius 1 is 0.615 bits per heavy atom. The van der Waals surface area contributed by atoms with Crippen LogP contribution >= 0.6 is 21.6 Å². The number of hydrogen-bond donors (Lipinski definition) is 4. The molecule has 0 aromatic heterocycles. The van der Waals surface area contributed by atoms with Gasteiger partial charge >= 0.3 is 23.9 Å². The van der Waals surface area contributed by atoms with E-state index < -0.39 is 35.7 Å². The molecule has 0 rings (SSSR count). The molecule has 0 amide bonds. The largest absolute Gasteiger partial charge is 0.481 e. The third-order valence-corrected chi connectivity index (χ3v) is 6.33. The minimum absolute atomic E-state index is 0.134. The van der Waals surface area contributed by atoms with E-state index >= 15 is 0 Å². The normalized spacial score (nSPS) is 13.1. The van der Waals surface area contributed by atoms with Gasteiger partial charge in [-0.2, -0.15) is 0 Å². The zero-order valence-electron chi connectivity index (χ0n) is 14.5. The lowest BCUT2D eigenvalue weighted by molar-refractivity contribution is -0.144. The Hall–Kier alpha value is -1.42. The zero-order chi connectivity index (χ0) is 19.9. The molecule has 0 bridgehead atoms. The lowest BCUT2D eigenvalue weighted by Crippen LogP contribution is -2.15. The fourth-order valence-corrected chi connectivity index (χ4v) is 4.49. The predicted octanol–water partition coefficient (Wildman–Crippen LogP) is 3.06. The van der Waals surface area contributed by atoms with Gasteiger partial charge in [0, 0.05) is 24.3 Å². The average Bonchev–Trinajstić information content (AvgIpc) is 2.54. The van der Waals surface area contributed by atoms with Crippen LogP contribution in [0.25, 0.3) is 0 Å². The molecule has 0 heterocycles. The summed E-state index contributed by atoms with van der Waals surface area (Å²) in [6, 6.07) is 0. The maximum Gasteiger partial charge on any atom is 0.306 e. The highest BCUT2D eigenvalue weighted by Crippen LogP contribution is 2.26. The van der Waals surface area contributed by atoms with Crippen LogP contribution in [0.1, 0.15) is 51.4 Å². The van der Waals surface area contributed by atoms with Gasteiger partial charge in [-0.3, -0.25) is 19.2 Å². The van der Waals surface area contributed by atoms with Crippen molar-refractivity contribution in [2.75, 3.05) is 11.5 Å². The van der Waals surface area contributed by atoms with Gasteiger partial charge in [-0.1, -0.05) is 21.6 Å². The first-order valence-electron chi connectivity index (χ1n) is 8.37. The standard InChI is InChI=1S/C16H26O8S2/c17-13(18)7-5-11(15(21)22)3-1-9-25-26-10-2-4-12(16(23)24)6-8-14(19)20/h11-12H,1-10H2,(H,17,18)(H,19,20)(H,21,22)(H,23,24). The van der Waals surface area contributed by atoms with Crippen LogP contribution in [0, 0.1) is 11.8 Å². The van der Waals surface area contributed by atoms with Crippen molar-refractivity contribution in [3.8, 4) is 0 Å². The summed E-state index contributed by atoms with van der Waals surface area (Å²) in [5, 5.41) is 35.3. The summed E-state index contributed by atoms with van der Waals surface area (Å²) >= 11 is 0. The molecule has 0 fully saturated rings. The predicted molar refractivity (Wildman–Crippen MR) is 99.4 cm³/mol. The van der Waals surface area contributed by atoms with Gasteiger partial charge in [-0.25, -0.2) is 0 Å². The lowest BCUT2D eigenvalue weighted by Gasteiger charge is -2.11. The molecule has 0 saturated heterocycles. The summed E-state index contributed by atoms with van der Waals surface area (Å²) in [7, 11) is 3.15. The summed E-state index contributed by atoms with van der Waals surface area (Å²) in [4.78, 5) is 43.1. The maximum atomic E-state index is 11.0. The van der Waals surface area contributed by atoms with Crippen molar-refractivity contribution in [3.63, 3.8) is 0 Å². The van der Waals surface area contributed by atoms with Gasteiger partial charge in [0.1, 0.15) is 0 Å². The molecule has 0 aromatic rings. The number of carbonyl (C=O) groups is 4. The number of carboxylic acid groups (broad SMARTS) is 4. The van der Waals surface area contributed by atoms with E-state index in [9.17, 15) is 19.2 Å². The Morgan fingerprint density at radius 2 is 0.962 bits per heavy atom. The van der Waals surface area contributed by atoms with Crippen molar-refractivity contribution in [1.29, 1.82) is 0 Å². The van der Waals surface area contributed by atoms with Crippen LogP contribution in [0.5, 0.6) is 0 Å². The molecule has 0 aliphatic rings. The van der Waals surface area contributed by atoms with Gasteiger partial charge in [0.2, 0.25) is 0 Å². The molecular formula is C16H26O8S2. The van der Waals surface area contributed by atoms with E-state index in [0.29, 0.717) is 25.7 Å². The van der Waals surface area contributed by atoms with E-state index in [0.717, 1.165) is 11.5 Å². The zero-order valence-corrected chi connectivity index (χ0v) is 16.1. The van der Waals surface area contributed by atoms with Crippen LogP contribution in [0.4, 0.5) is 0 Å². The second-order valence-electron chi connectivity index (χ2n) is 5.86. The van der Waals surface area contributed by atoms with Crippen LogP contribution < -0.4 is 0 Å². The van der Waals surface area contributed by atoms with E-state index in [4.69, 9.17) is 20.4 Å². The van der Waals surface area contributed by atoms with Gasteiger partial charge in [-0.05, 0) is 38.5 Å². The minimum atomic E-state index is -0.996. The van der Waals surface area contributed by atoms with Gasteiger partial charge in [0.25, 0.3) is 0 Å². The first-order valence-corrected chi connectivity index (χ1v) is 10.9. The third kappa shape index (κ3) is 13.8. The highest BCUT2D eigenvalue weighted by molar-refractivity contribution is 8.76. The molecule has 4 N–H and O–H groups in total. The van der Waals surface area contributed by atoms with E-state index in [1.54, 1.807) is 21.6 Å². The Morgan fingerprint density at radius 3 is 1.23 bits per heavy atom. The van der Waals surface area contributed by atoms with Crippen molar-refractivity contribution in [3.05, 3.63) is 0 Å². The third-order valence-electron chi connectivity index (χ3n) is 3.76. The van der Waals surface area contributed by atoms with Gasteiger partial charge in [0.15, 0.2) is 0 Å². The number of hydrogen-bond acceptors (Lipinski definition) is 6. The Kier molecular flexibility index (Phi) is 13.9. The molecule has 0 radical (unpaired) electrons. The maximum absolute atomic E-state index is 11.0.